The maximum absolute atomic E-state index is 11.7. The van der Waals surface area contributed by atoms with Crippen LogP contribution >= 0.6 is 11.6 Å². The summed E-state index contributed by atoms with van der Waals surface area (Å²) in [4.78, 5) is 42.9. The van der Waals surface area contributed by atoms with Crippen molar-refractivity contribution in [2.45, 2.75) is 50.4 Å². The first-order valence-electron chi connectivity index (χ1n) is 8.58. The van der Waals surface area contributed by atoms with Gasteiger partial charge in [0.25, 0.3) is 0 Å². The number of carbonyl (C=O) groups is 3. The molecule has 0 radical (unpaired) electrons. The first-order valence-corrected chi connectivity index (χ1v) is 8.96. The van der Waals surface area contributed by atoms with Crippen molar-refractivity contribution < 1.29 is 33.3 Å². The highest BCUT2D eigenvalue weighted by Crippen LogP contribution is 2.40. The number of hydrogen-bond donors (Lipinski definition) is 2. The van der Waals surface area contributed by atoms with Gasteiger partial charge in [0.05, 0.1) is 12.7 Å². The number of fused-ring (bicyclic) bond motifs is 1. The van der Waals surface area contributed by atoms with Gasteiger partial charge in [-0.1, -0.05) is 11.6 Å². The molecule has 3 rings (SSSR count). The first kappa shape index (κ1) is 21.0. The smallest absolute Gasteiger partial charge is 0.303 e. The molecular weight excluding hydrogens is 410 g/mol. The fourth-order valence-electron chi connectivity index (χ4n) is 3.10. The number of rotatable bonds is 5. The number of ether oxygens (including phenoxy) is 4. The van der Waals surface area contributed by atoms with Crippen LogP contribution in [0.25, 0.3) is 0 Å². The molecule has 29 heavy (non-hydrogen) atoms. The van der Waals surface area contributed by atoms with Crippen LogP contribution < -0.4 is 11.1 Å². The Morgan fingerprint density at radius 2 is 1.90 bits per heavy atom. The predicted octanol–water partition coefficient (Wildman–Crippen LogP) is -0.222. The highest BCUT2D eigenvalue weighted by atomic mass is 35.5. The van der Waals surface area contributed by atoms with Crippen LogP contribution in [-0.4, -0.2) is 58.7 Å². The second-order valence-electron chi connectivity index (χ2n) is 6.45. The van der Waals surface area contributed by atoms with Gasteiger partial charge < -0.3 is 24.3 Å². The summed E-state index contributed by atoms with van der Waals surface area (Å²) >= 11 is 6.20. The van der Waals surface area contributed by atoms with Gasteiger partial charge in [0.2, 0.25) is 5.12 Å². The van der Waals surface area contributed by atoms with Crippen LogP contribution in [0.3, 0.4) is 0 Å². The summed E-state index contributed by atoms with van der Waals surface area (Å²) in [6, 6.07) is 0. The third kappa shape index (κ3) is 4.33. The first-order chi connectivity index (χ1) is 13.6. The quantitative estimate of drug-likeness (QED) is 0.277. The fraction of sp³-hybridized carbons (Fsp3) is 0.562. The third-order valence-corrected chi connectivity index (χ3v) is 4.48. The Balaban J connectivity index is 1.99. The van der Waals surface area contributed by atoms with Crippen molar-refractivity contribution in [3.8, 4) is 0 Å². The minimum atomic E-state index is -1.50. The number of nitrogens with zero attached hydrogens (tertiary/aromatic N) is 3. The van der Waals surface area contributed by atoms with E-state index >= 15 is 0 Å². The monoisotopic (exact) mass is 429 g/mol. The molecule has 1 aromatic heterocycles. The normalized spacial score (nSPS) is 30.2. The largest absolute Gasteiger partial charge is 0.463 e. The van der Waals surface area contributed by atoms with Gasteiger partial charge in [-0.15, -0.1) is 0 Å². The van der Waals surface area contributed by atoms with Gasteiger partial charge in [0.15, 0.2) is 24.3 Å². The number of carbonyl (C=O) groups excluding carboxylic acids is 3. The van der Waals surface area contributed by atoms with Crippen molar-refractivity contribution in [3.63, 3.8) is 0 Å². The summed E-state index contributed by atoms with van der Waals surface area (Å²) < 4.78 is 23.1. The van der Waals surface area contributed by atoms with Gasteiger partial charge in [-0.05, 0) is 0 Å². The number of imidazole rings is 1. The number of nitrogens with two attached hydrogens (primary N) is 1. The molecule has 12 nitrogen and oxygen atoms in total. The summed E-state index contributed by atoms with van der Waals surface area (Å²) in [6.07, 6.45) is -1.35. The molecule has 0 aromatic carbocycles. The zero-order chi connectivity index (χ0) is 21.3. The molecule has 1 fully saturated rings. The summed E-state index contributed by atoms with van der Waals surface area (Å²) in [7, 11) is 0. The Bertz CT molecular complexity index is 855. The van der Waals surface area contributed by atoms with Crippen LogP contribution in [0.5, 0.6) is 0 Å². The summed E-state index contributed by atoms with van der Waals surface area (Å²) in [6.45, 7) is 3.41. The topological polar surface area (TPSA) is 156 Å². The minimum absolute atomic E-state index is 0.222. The summed E-state index contributed by atoms with van der Waals surface area (Å²) in [5.74, 6) is -1.54. The Labute approximate surface area is 170 Å². The number of alkyl halides is 1. The molecular formula is C16H20ClN5O7. The van der Waals surface area contributed by atoms with E-state index in [2.05, 4.69) is 15.3 Å². The Morgan fingerprint density at radius 3 is 2.52 bits per heavy atom. The molecule has 1 aromatic rings. The maximum Gasteiger partial charge on any atom is 0.303 e. The van der Waals surface area contributed by atoms with Gasteiger partial charge in [0.1, 0.15) is 18.4 Å². The van der Waals surface area contributed by atoms with Gasteiger partial charge in [-0.25, -0.2) is 9.98 Å². The van der Waals surface area contributed by atoms with Crippen LogP contribution in [0.2, 0.25) is 0 Å². The van der Waals surface area contributed by atoms with Crippen LogP contribution in [0.4, 0.5) is 5.82 Å². The van der Waals surface area contributed by atoms with Crippen LogP contribution in [0.1, 0.15) is 32.7 Å². The van der Waals surface area contributed by atoms with Crippen molar-refractivity contribution >= 4 is 41.7 Å². The highest BCUT2D eigenvalue weighted by molar-refractivity contribution is 6.24. The standard InChI is InChI=1S/C16H20ClN5O7/c1-7(23)26-4-10-11(27-8(2)24)12(28-9(3)25)15(29-10)22-6-20-13-14(22)19-5-21-16(13,17)18/h5-6,10-12,15H,4,18H2,1-3H3,(H,19,21)/t10-,11-,12-,15-,16?/m1/s1. The van der Waals surface area contributed by atoms with Gasteiger partial charge in [-0.3, -0.25) is 24.7 Å². The number of esters is 3. The summed E-state index contributed by atoms with van der Waals surface area (Å²) in [5, 5.41) is 1.17. The zero-order valence-electron chi connectivity index (χ0n) is 15.8. The Morgan fingerprint density at radius 1 is 1.24 bits per heavy atom. The van der Waals surface area contributed by atoms with Crippen molar-refractivity contribution in [3.05, 3.63) is 12.0 Å². The molecule has 0 amide bonds. The van der Waals surface area contributed by atoms with Gasteiger partial charge in [0, 0.05) is 20.8 Å². The second-order valence-corrected chi connectivity index (χ2v) is 7.05. The van der Waals surface area contributed by atoms with E-state index in [0.717, 1.165) is 0 Å². The fourth-order valence-corrected chi connectivity index (χ4v) is 3.28. The number of halogens is 1. The maximum atomic E-state index is 11.7. The van der Waals surface area contributed by atoms with Crippen LogP contribution in [0.15, 0.2) is 11.3 Å². The van der Waals surface area contributed by atoms with E-state index in [1.54, 1.807) is 0 Å². The molecule has 5 atom stereocenters. The number of hydrogen-bond acceptors (Lipinski definition) is 11. The van der Waals surface area contributed by atoms with Gasteiger partial charge in [-0.2, -0.15) is 0 Å². The SMILES string of the molecule is CC(=O)OC[C@H]1O[C@@H](n2cnc3c2N=CNC3(N)Cl)[C@H](OC(C)=O)[C@@H]1OC(C)=O. The van der Waals surface area contributed by atoms with E-state index in [1.165, 1.54) is 38.0 Å². The molecule has 158 valence electrons. The zero-order valence-corrected chi connectivity index (χ0v) is 16.6. The predicted molar refractivity (Wildman–Crippen MR) is 96.9 cm³/mol. The lowest BCUT2D eigenvalue weighted by atomic mass is 10.1. The average Bonchev–Trinajstić information content (AvgIpc) is 3.15. The highest BCUT2D eigenvalue weighted by Gasteiger charge is 2.51. The summed E-state index contributed by atoms with van der Waals surface area (Å²) in [5.41, 5.74) is 6.17. The molecule has 0 aliphatic carbocycles. The van der Waals surface area contributed by atoms with Crippen LogP contribution in [0, 0.1) is 0 Å². The molecule has 1 unspecified atom stereocenters. The molecule has 2 aliphatic rings. The molecule has 3 heterocycles. The van der Waals surface area contributed by atoms with E-state index in [-0.39, 0.29) is 18.1 Å². The van der Waals surface area contributed by atoms with E-state index in [0.29, 0.717) is 0 Å². The Kier molecular flexibility index (Phi) is 5.78. The number of aliphatic imine (C=N–C) groups is 1. The lowest BCUT2D eigenvalue weighted by Gasteiger charge is -2.26. The molecule has 1 saturated heterocycles. The third-order valence-electron chi connectivity index (χ3n) is 4.19. The molecule has 2 aliphatic heterocycles. The van der Waals surface area contributed by atoms with Crippen LogP contribution in [-0.2, 0) is 38.5 Å². The molecule has 0 spiro atoms. The van der Waals surface area contributed by atoms with Crippen molar-refractivity contribution in [1.82, 2.24) is 14.9 Å². The molecule has 0 saturated carbocycles. The van der Waals surface area contributed by atoms with E-state index in [4.69, 9.17) is 36.3 Å². The minimum Gasteiger partial charge on any atom is -0.463 e. The lowest BCUT2D eigenvalue weighted by Crippen LogP contribution is -2.46. The van der Waals surface area contributed by atoms with E-state index in [9.17, 15) is 14.4 Å². The van der Waals surface area contributed by atoms with Gasteiger partial charge >= 0.3 is 17.9 Å². The van der Waals surface area contributed by atoms with Crippen molar-refractivity contribution in [2.24, 2.45) is 10.7 Å². The van der Waals surface area contributed by atoms with E-state index < -0.39 is 47.6 Å². The number of aromatic nitrogens is 2. The molecule has 3 N–H and O–H groups in total. The molecule has 13 heteroatoms. The average molecular weight is 430 g/mol. The van der Waals surface area contributed by atoms with Crippen molar-refractivity contribution in [1.29, 1.82) is 0 Å². The molecule has 0 bridgehead atoms. The Hall–Kier alpha value is -2.70. The lowest BCUT2D eigenvalue weighted by molar-refractivity contribution is -0.166. The van der Waals surface area contributed by atoms with Crippen molar-refractivity contribution in [2.75, 3.05) is 6.61 Å². The number of nitrogens with one attached hydrogen (secondary N) is 1. The second kappa shape index (κ2) is 7.97. The van der Waals surface area contributed by atoms with E-state index in [1.807, 2.05) is 0 Å².